The Morgan fingerprint density at radius 2 is 1.62 bits per heavy atom. The lowest BCUT2D eigenvalue weighted by Gasteiger charge is -2.26. The number of nitrogens with zero attached hydrogens (tertiary/aromatic N) is 1. The maximum atomic E-state index is 13.6. The van der Waals surface area contributed by atoms with Gasteiger partial charge in [0, 0.05) is 15.3 Å². The third-order valence-corrected chi connectivity index (χ3v) is 7.17. The number of amides is 1. The number of hydrogen-bond donors (Lipinski definition) is 1. The standard InChI is InChI=1S/C23H23IN2O5S/c1-16-4-11-20(12-5-16)32(28,29)26(21-14-19(30-2)10-13-22(21)31-3)15-23(27)25-18-8-6-17(24)7-9-18/h4-14H,15H2,1-3H3,(H,25,27). The molecule has 0 aliphatic carbocycles. The lowest BCUT2D eigenvalue weighted by molar-refractivity contribution is -0.114. The molecule has 0 heterocycles. The largest absolute Gasteiger partial charge is 0.497 e. The number of benzene rings is 3. The van der Waals surface area contributed by atoms with Crippen LogP contribution < -0.4 is 19.1 Å². The first-order valence-corrected chi connectivity index (χ1v) is 12.1. The van der Waals surface area contributed by atoms with Crippen molar-refractivity contribution in [3.05, 3.63) is 75.9 Å². The van der Waals surface area contributed by atoms with E-state index in [0.29, 0.717) is 17.2 Å². The molecular weight excluding hydrogens is 543 g/mol. The Hall–Kier alpha value is -2.79. The van der Waals surface area contributed by atoms with Crippen LogP contribution in [0, 0.1) is 10.5 Å². The topological polar surface area (TPSA) is 84.9 Å². The van der Waals surface area contributed by atoms with Gasteiger partial charge in [-0.05, 0) is 78.0 Å². The zero-order chi connectivity index (χ0) is 23.3. The van der Waals surface area contributed by atoms with Gasteiger partial charge in [-0.25, -0.2) is 8.42 Å². The Morgan fingerprint density at radius 1 is 0.969 bits per heavy atom. The van der Waals surface area contributed by atoms with Crippen LogP contribution in [0.4, 0.5) is 11.4 Å². The van der Waals surface area contributed by atoms with E-state index >= 15 is 0 Å². The number of halogens is 1. The molecule has 0 spiro atoms. The Bertz CT molecular complexity index is 1200. The minimum atomic E-state index is -4.09. The number of ether oxygens (including phenoxy) is 2. The van der Waals surface area contributed by atoms with Gasteiger partial charge in [-0.15, -0.1) is 0 Å². The van der Waals surface area contributed by atoms with Crippen LogP contribution in [0.15, 0.2) is 71.6 Å². The summed E-state index contributed by atoms with van der Waals surface area (Å²) < 4.78 is 39.9. The Kier molecular flexibility index (Phi) is 7.62. The van der Waals surface area contributed by atoms with E-state index in [4.69, 9.17) is 9.47 Å². The molecule has 0 aliphatic rings. The summed E-state index contributed by atoms with van der Waals surface area (Å²) in [6.45, 7) is 1.42. The number of nitrogens with one attached hydrogen (secondary N) is 1. The van der Waals surface area contributed by atoms with Gasteiger partial charge in [-0.3, -0.25) is 9.10 Å². The van der Waals surface area contributed by atoms with Crippen molar-refractivity contribution in [2.45, 2.75) is 11.8 Å². The fraction of sp³-hybridized carbons (Fsp3) is 0.174. The Balaban J connectivity index is 2.04. The molecule has 0 unspecified atom stereocenters. The van der Waals surface area contributed by atoms with Crippen LogP contribution >= 0.6 is 22.6 Å². The second-order valence-electron chi connectivity index (χ2n) is 6.92. The highest BCUT2D eigenvalue weighted by Gasteiger charge is 2.30. The molecule has 168 valence electrons. The molecule has 0 saturated carbocycles. The van der Waals surface area contributed by atoms with E-state index in [9.17, 15) is 13.2 Å². The van der Waals surface area contributed by atoms with Gasteiger partial charge in [-0.2, -0.15) is 0 Å². The Morgan fingerprint density at radius 3 is 2.22 bits per heavy atom. The van der Waals surface area contributed by atoms with Crippen molar-refractivity contribution in [1.29, 1.82) is 0 Å². The first kappa shape index (κ1) is 23.9. The number of rotatable bonds is 8. The van der Waals surface area contributed by atoms with Gasteiger partial charge < -0.3 is 14.8 Å². The first-order valence-electron chi connectivity index (χ1n) is 9.61. The predicted molar refractivity (Wildman–Crippen MR) is 133 cm³/mol. The summed E-state index contributed by atoms with van der Waals surface area (Å²) in [7, 11) is -1.17. The summed E-state index contributed by atoms with van der Waals surface area (Å²) in [5.41, 5.74) is 1.69. The van der Waals surface area contributed by atoms with Crippen molar-refractivity contribution in [3.63, 3.8) is 0 Å². The number of sulfonamides is 1. The van der Waals surface area contributed by atoms with Crippen LogP contribution in [0.3, 0.4) is 0 Å². The Labute approximate surface area is 201 Å². The van der Waals surface area contributed by atoms with Gasteiger partial charge in [0.05, 0.1) is 24.8 Å². The van der Waals surface area contributed by atoms with Crippen molar-refractivity contribution in [1.82, 2.24) is 0 Å². The van der Waals surface area contributed by atoms with Crippen LogP contribution in [0.25, 0.3) is 0 Å². The van der Waals surface area contributed by atoms with Gasteiger partial charge in [-0.1, -0.05) is 17.7 Å². The monoisotopic (exact) mass is 566 g/mol. The van der Waals surface area contributed by atoms with Crippen LogP contribution in [-0.2, 0) is 14.8 Å². The lowest BCUT2D eigenvalue weighted by atomic mass is 10.2. The summed E-state index contributed by atoms with van der Waals surface area (Å²) in [6.07, 6.45) is 0. The number of carbonyl (C=O) groups excluding carboxylic acids is 1. The third-order valence-electron chi connectivity index (χ3n) is 4.68. The van der Waals surface area contributed by atoms with E-state index in [2.05, 4.69) is 27.9 Å². The van der Waals surface area contributed by atoms with Gasteiger partial charge >= 0.3 is 0 Å². The molecule has 0 atom stereocenters. The maximum Gasteiger partial charge on any atom is 0.264 e. The van der Waals surface area contributed by atoms with Crippen molar-refractivity contribution < 1.29 is 22.7 Å². The summed E-state index contributed by atoms with van der Waals surface area (Å²) in [6, 6.07) is 18.4. The molecule has 0 fully saturated rings. The molecule has 3 rings (SSSR count). The molecule has 0 aliphatic heterocycles. The highest BCUT2D eigenvalue weighted by Crippen LogP contribution is 2.35. The SMILES string of the molecule is COc1ccc(OC)c(N(CC(=O)Nc2ccc(I)cc2)S(=O)(=O)c2ccc(C)cc2)c1. The molecule has 3 aromatic carbocycles. The van der Waals surface area contributed by atoms with Crippen LogP contribution in [0.2, 0.25) is 0 Å². The summed E-state index contributed by atoms with van der Waals surface area (Å²) in [4.78, 5) is 12.9. The van der Waals surface area contributed by atoms with Crippen molar-refractivity contribution >= 4 is 49.9 Å². The quantitative estimate of drug-likeness (QED) is 0.408. The zero-order valence-corrected chi connectivity index (χ0v) is 20.8. The van der Waals surface area contributed by atoms with Gasteiger partial charge in [0.1, 0.15) is 18.0 Å². The van der Waals surface area contributed by atoms with E-state index in [1.165, 1.54) is 32.4 Å². The van der Waals surface area contributed by atoms with E-state index < -0.39 is 22.5 Å². The fourth-order valence-corrected chi connectivity index (χ4v) is 4.78. The van der Waals surface area contributed by atoms with Crippen LogP contribution in [0.1, 0.15) is 5.56 Å². The number of hydrogen-bond acceptors (Lipinski definition) is 5. The van der Waals surface area contributed by atoms with E-state index in [0.717, 1.165) is 13.4 Å². The van der Waals surface area contributed by atoms with Crippen LogP contribution in [0.5, 0.6) is 11.5 Å². The normalized spacial score (nSPS) is 11.0. The fourth-order valence-electron chi connectivity index (χ4n) is 2.99. The van der Waals surface area contributed by atoms with E-state index in [-0.39, 0.29) is 10.6 Å². The summed E-state index contributed by atoms with van der Waals surface area (Å²) in [5.74, 6) is 0.235. The first-order chi connectivity index (χ1) is 15.2. The van der Waals surface area contributed by atoms with Gasteiger partial charge in [0.2, 0.25) is 5.91 Å². The molecular formula is C23H23IN2O5S. The predicted octanol–water partition coefficient (Wildman–Crippen LogP) is 4.45. The summed E-state index contributed by atoms with van der Waals surface area (Å²) >= 11 is 2.17. The van der Waals surface area contributed by atoms with Crippen molar-refractivity contribution in [2.75, 3.05) is 30.4 Å². The van der Waals surface area contributed by atoms with Crippen molar-refractivity contribution in [3.8, 4) is 11.5 Å². The molecule has 7 nitrogen and oxygen atoms in total. The van der Waals surface area contributed by atoms with Gasteiger partial charge in [0.25, 0.3) is 10.0 Å². The smallest absolute Gasteiger partial charge is 0.264 e. The molecule has 1 N–H and O–H groups in total. The highest BCUT2D eigenvalue weighted by atomic mass is 127. The highest BCUT2D eigenvalue weighted by molar-refractivity contribution is 14.1. The molecule has 0 aromatic heterocycles. The second-order valence-corrected chi connectivity index (χ2v) is 10.0. The molecule has 9 heteroatoms. The molecule has 0 bridgehead atoms. The molecule has 32 heavy (non-hydrogen) atoms. The number of carbonyl (C=O) groups is 1. The minimum absolute atomic E-state index is 0.0648. The number of aryl methyl sites for hydroxylation is 1. The van der Waals surface area contributed by atoms with Crippen LogP contribution in [-0.4, -0.2) is 35.1 Å². The zero-order valence-electron chi connectivity index (χ0n) is 17.8. The third kappa shape index (κ3) is 5.52. The summed E-state index contributed by atoms with van der Waals surface area (Å²) in [5, 5.41) is 2.75. The average Bonchev–Trinajstić information content (AvgIpc) is 2.78. The molecule has 3 aromatic rings. The van der Waals surface area contributed by atoms with E-state index in [1.54, 1.807) is 36.4 Å². The average molecular weight is 566 g/mol. The number of methoxy groups -OCH3 is 2. The van der Waals surface area contributed by atoms with Crippen molar-refractivity contribution in [2.24, 2.45) is 0 Å². The van der Waals surface area contributed by atoms with Gasteiger partial charge in [0.15, 0.2) is 0 Å². The minimum Gasteiger partial charge on any atom is -0.497 e. The number of anilines is 2. The second kappa shape index (κ2) is 10.2. The molecule has 1 amide bonds. The lowest BCUT2D eigenvalue weighted by Crippen LogP contribution is -2.38. The van der Waals surface area contributed by atoms with E-state index in [1.807, 2.05) is 19.1 Å². The molecule has 0 saturated heterocycles. The maximum absolute atomic E-state index is 13.6. The molecule has 0 radical (unpaired) electrons.